The number of anilines is 1. The smallest absolute Gasteiger partial charge is 0.234 e. The number of nitrogens with zero attached hydrogens (tertiary/aromatic N) is 2. The lowest BCUT2D eigenvalue weighted by molar-refractivity contribution is -0.123. The molecular formula is C26H33Cl2N3O2. The number of fused-ring (bicyclic) bond motifs is 1. The van der Waals surface area contributed by atoms with E-state index in [2.05, 4.69) is 42.0 Å². The molecule has 4 rings (SSSR count). The number of aromatic hydroxyl groups is 1. The van der Waals surface area contributed by atoms with E-state index in [1.807, 2.05) is 12.1 Å². The number of halogens is 2. The molecule has 0 aromatic heterocycles. The molecule has 33 heavy (non-hydrogen) atoms. The summed E-state index contributed by atoms with van der Waals surface area (Å²) in [5.41, 5.74) is 5.35. The van der Waals surface area contributed by atoms with Crippen molar-refractivity contribution in [2.75, 3.05) is 37.6 Å². The van der Waals surface area contributed by atoms with Crippen LogP contribution < -0.4 is 10.2 Å². The lowest BCUT2D eigenvalue weighted by Gasteiger charge is -2.36. The number of benzene rings is 2. The first kappa shape index (κ1) is 24.2. The van der Waals surface area contributed by atoms with Crippen molar-refractivity contribution in [2.45, 2.75) is 52.0 Å². The molecule has 1 amide bonds. The van der Waals surface area contributed by atoms with Crippen LogP contribution in [0.15, 0.2) is 24.3 Å². The first-order chi connectivity index (χ1) is 15.8. The fourth-order valence-electron chi connectivity index (χ4n) is 5.11. The quantitative estimate of drug-likeness (QED) is 0.566. The number of rotatable bonds is 6. The van der Waals surface area contributed by atoms with E-state index in [0.29, 0.717) is 22.3 Å². The molecular weight excluding hydrogens is 457 g/mol. The Kier molecular flexibility index (Phi) is 7.42. The third-order valence-electron chi connectivity index (χ3n) is 7.16. The Labute approximate surface area is 206 Å². The van der Waals surface area contributed by atoms with E-state index in [0.717, 1.165) is 62.3 Å². The van der Waals surface area contributed by atoms with Gasteiger partial charge < -0.3 is 15.3 Å². The first-order valence-electron chi connectivity index (χ1n) is 11.8. The van der Waals surface area contributed by atoms with Gasteiger partial charge in [0.15, 0.2) is 0 Å². The van der Waals surface area contributed by atoms with Crippen molar-refractivity contribution in [3.8, 4) is 5.75 Å². The largest absolute Gasteiger partial charge is 0.507 e. The minimum atomic E-state index is -0.120. The molecule has 1 aliphatic heterocycles. The fourth-order valence-corrected chi connectivity index (χ4v) is 5.62. The summed E-state index contributed by atoms with van der Waals surface area (Å²) < 4.78 is 0. The Morgan fingerprint density at radius 1 is 1.15 bits per heavy atom. The number of phenols is 1. The molecule has 0 radical (unpaired) electrons. The Balaban J connectivity index is 1.37. The summed E-state index contributed by atoms with van der Waals surface area (Å²) in [7, 11) is 0. The van der Waals surface area contributed by atoms with Crippen LogP contribution in [0.1, 0.15) is 60.9 Å². The van der Waals surface area contributed by atoms with Gasteiger partial charge in [0.05, 0.1) is 12.6 Å². The van der Waals surface area contributed by atoms with Crippen molar-refractivity contribution in [3.63, 3.8) is 0 Å². The molecule has 0 saturated carbocycles. The molecule has 2 N–H and O–H groups in total. The second-order valence-corrected chi connectivity index (χ2v) is 10.3. The third kappa shape index (κ3) is 5.26. The standard InChI is InChI=1S/C26H33Cl2N3O2/c1-4-16(2)22-11-17(3)21-5-6-23(25(21)26(22)33)29-24(32)15-30-7-9-31(10-8-30)20-13-18(27)12-19(28)14-20/h11-14,16,23,33H,4-10,15H2,1-3H3,(H,29,32). The summed E-state index contributed by atoms with van der Waals surface area (Å²) in [5.74, 6) is 0.677. The van der Waals surface area contributed by atoms with Gasteiger partial charge in [-0.3, -0.25) is 9.69 Å². The number of hydrogen-bond acceptors (Lipinski definition) is 4. The average Bonchev–Trinajstić information content (AvgIpc) is 3.20. The van der Waals surface area contributed by atoms with Gasteiger partial charge in [-0.05, 0) is 67.0 Å². The minimum absolute atomic E-state index is 0.0121. The molecule has 2 unspecified atom stereocenters. The molecule has 1 aliphatic carbocycles. The average molecular weight is 490 g/mol. The Hall–Kier alpha value is -1.95. The zero-order valence-electron chi connectivity index (χ0n) is 19.6. The molecule has 0 spiro atoms. The number of piperazine rings is 1. The van der Waals surface area contributed by atoms with E-state index in [4.69, 9.17) is 23.2 Å². The molecule has 5 nitrogen and oxygen atoms in total. The van der Waals surface area contributed by atoms with Crippen LogP contribution in [0.25, 0.3) is 0 Å². The van der Waals surface area contributed by atoms with Crippen LogP contribution in [0.3, 0.4) is 0 Å². The maximum atomic E-state index is 12.9. The van der Waals surface area contributed by atoms with Crippen molar-refractivity contribution >= 4 is 34.8 Å². The van der Waals surface area contributed by atoms with Gasteiger partial charge in [-0.25, -0.2) is 0 Å². The van der Waals surface area contributed by atoms with Gasteiger partial charge >= 0.3 is 0 Å². The van der Waals surface area contributed by atoms with Crippen molar-refractivity contribution in [2.24, 2.45) is 0 Å². The monoisotopic (exact) mass is 489 g/mol. The molecule has 2 aromatic rings. The molecule has 7 heteroatoms. The summed E-state index contributed by atoms with van der Waals surface area (Å²) in [6.45, 7) is 9.96. The predicted molar refractivity (Wildman–Crippen MR) is 136 cm³/mol. The SMILES string of the molecule is CCC(C)c1cc(C)c2c(c1O)C(NC(=O)CN1CCN(c3cc(Cl)cc(Cl)c3)CC1)CC2. The van der Waals surface area contributed by atoms with Gasteiger partial charge in [-0.15, -0.1) is 0 Å². The highest BCUT2D eigenvalue weighted by molar-refractivity contribution is 6.35. The van der Waals surface area contributed by atoms with Gasteiger partial charge in [0.1, 0.15) is 5.75 Å². The molecule has 1 saturated heterocycles. The molecule has 0 bridgehead atoms. The van der Waals surface area contributed by atoms with Crippen LogP contribution >= 0.6 is 23.2 Å². The van der Waals surface area contributed by atoms with Crippen LogP contribution in [-0.4, -0.2) is 48.6 Å². The predicted octanol–water partition coefficient (Wildman–Crippen LogP) is 5.45. The topological polar surface area (TPSA) is 55.8 Å². The molecule has 178 valence electrons. The number of phenolic OH excluding ortho intramolecular Hbond substituents is 1. The van der Waals surface area contributed by atoms with Crippen LogP contribution in [0.4, 0.5) is 5.69 Å². The van der Waals surface area contributed by atoms with E-state index in [1.54, 1.807) is 6.07 Å². The van der Waals surface area contributed by atoms with Gasteiger partial charge in [0.2, 0.25) is 5.91 Å². The van der Waals surface area contributed by atoms with E-state index in [-0.39, 0.29) is 17.9 Å². The molecule has 2 aromatic carbocycles. The fraction of sp³-hybridized carbons (Fsp3) is 0.500. The summed E-state index contributed by atoms with van der Waals surface area (Å²) in [5, 5.41) is 15.5. The van der Waals surface area contributed by atoms with E-state index < -0.39 is 0 Å². The summed E-state index contributed by atoms with van der Waals surface area (Å²) in [6.07, 6.45) is 2.69. The van der Waals surface area contributed by atoms with Crippen molar-refractivity contribution in [3.05, 3.63) is 56.6 Å². The lowest BCUT2D eigenvalue weighted by atomic mass is 9.90. The number of amides is 1. The van der Waals surface area contributed by atoms with Crippen LogP contribution in [0.2, 0.25) is 10.0 Å². The minimum Gasteiger partial charge on any atom is -0.507 e. The number of carbonyl (C=O) groups is 1. The number of nitrogens with one attached hydrogen (secondary N) is 1. The van der Waals surface area contributed by atoms with Gasteiger partial charge in [-0.1, -0.05) is 43.1 Å². The zero-order chi connectivity index (χ0) is 23.7. The van der Waals surface area contributed by atoms with Crippen molar-refractivity contribution in [1.29, 1.82) is 0 Å². The normalized spacial score (nSPS) is 19.4. The zero-order valence-corrected chi connectivity index (χ0v) is 21.1. The highest BCUT2D eigenvalue weighted by atomic mass is 35.5. The van der Waals surface area contributed by atoms with E-state index in [9.17, 15) is 9.90 Å². The van der Waals surface area contributed by atoms with Gasteiger partial charge in [0.25, 0.3) is 0 Å². The highest BCUT2D eigenvalue weighted by Gasteiger charge is 2.31. The summed E-state index contributed by atoms with van der Waals surface area (Å²) in [6, 6.07) is 7.59. The maximum absolute atomic E-state index is 12.9. The van der Waals surface area contributed by atoms with Crippen molar-refractivity contribution in [1.82, 2.24) is 10.2 Å². The number of carbonyl (C=O) groups excluding carboxylic acids is 1. The Bertz CT molecular complexity index is 1010. The van der Waals surface area contributed by atoms with Crippen molar-refractivity contribution < 1.29 is 9.90 Å². The van der Waals surface area contributed by atoms with Crippen LogP contribution in [0.5, 0.6) is 5.75 Å². The van der Waals surface area contributed by atoms with E-state index in [1.165, 1.54) is 11.1 Å². The molecule has 2 aliphatic rings. The van der Waals surface area contributed by atoms with Crippen LogP contribution in [-0.2, 0) is 11.2 Å². The lowest BCUT2D eigenvalue weighted by Crippen LogP contribution is -2.49. The van der Waals surface area contributed by atoms with Crippen LogP contribution in [0, 0.1) is 6.92 Å². The number of hydrogen-bond donors (Lipinski definition) is 2. The summed E-state index contributed by atoms with van der Waals surface area (Å²) in [4.78, 5) is 17.3. The number of aryl methyl sites for hydroxylation is 1. The second-order valence-electron chi connectivity index (χ2n) is 9.38. The summed E-state index contributed by atoms with van der Waals surface area (Å²) >= 11 is 12.3. The molecule has 2 atom stereocenters. The van der Waals surface area contributed by atoms with Gasteiger partial charge in [0, 0.05) is 47.5 Å². The molecule has 1 heterocycles. The maximum Gasteiger partial charge on any atom is 0.234 e. The Morgan fingerprint density at radius 2 is 1.82 bits per heavy atom. The van der Waals surface area contributed by atoms with Gasteiger partial charge in [-0.2, -0.15) is 0 Å². The highest BCUT2D eigenvalue weighted by Crippen LogP contribution is 2.44. The third-order valence-corrected chi connectivity index (χ3v) is 7.60. The first-order valence-corrected chi connectivity index (χ1v) is 12.6. The second kappa shape index (κ2) is 10.1. The Morgan fingerprint density at radius 3 is 2.45 bits per heavy atom. The molecule has 1 fully saturated rings. The van der Waals surface area contributed by atoms with E-state index >= 15 is 0 Å².